The van der Waals surface area contributed by atoms with Gasteiger partial charge in [0.1, 0.15) is 21.1 Å². The minimum absolute atomic E-state index is 0.174. The molecular formula is C13H12BrF3N2O2S. The van der Waals surface area contributed by atoms with Crippen molar-refractivity contribution in [1.29, 1.82) is 0 Å². The van der Waals surface area contributed by atoms with Gasteiger partial charge in [0.25, 0.3) is 0 Å². The Hall–Kier alpha value is -1.35. The number of alkyl halides is 3. The normalized spacial score (nSPS) is 12.5. The minimum Gasteiger partial charge on any atom is -0.444 e. The Bertz CT molecular complexity index is 722. The Morgan fingerprint density at radius 3 is 2.50 bits per heavy atom. The van der Waals surface area contributed by atoms with E-state index in [2.05, 4.69) is 26.2 Å². The van der Waals surface area contributed by atoms with Crippen LogP contribution in [0, 0.1) is 0 Å². The summed E-state index contributed by atoms with van der Waals surface area (Å²) in [6.45, 7) is 5.14. The molecule has 1 N–H and O–H groups in total. The Morgan fingerprint density at radius 1 is 1.32 bits per heavy atom. The minimum atomic E-state index is -4.51. The average Bonchev–Trinajstić information content (AvgIpc) is 2.62. The molecule has 2 aromatic rings. The van der Waals surface area contributed by atoms with Crippen LogP contribution in [0.15, 0.2) is 16.6 Å². The van der Waals surface area contributed by atoms with Gasteiger partial charge in [-0.3, -0.25) is 5.32 Å². The summed E-state index contributed by atoms with van der Waals surface area (Å²) < 4.78 is 43.6. The summed E-state index contributed by atoms with van der Waals surface area (Å²) in [6.07, 6.45) is -5.19. The monoisotopic (exact) mass is 396 g/mol. The van der Waals surface area contributed by atoms with E-state index in [0.717, 1.165) is 17.4 Å². The zero-order chi connectivity index (χ0) is 16.7. The number of pyridine rings is 1. The van der Waals surface area contributed by atoms with Gasteiger partial charge in [-0.1, -0.05) is 11.3 Å². The molecular weight excluding hydrogens is 385 g/mol. The molecule has 0 saturated carbocycles. The predicted octanol–water partition coefficient (Wildman–Crippen LogP) is 5.42. The highest BCUT2D eigenvalue weighted by molar-refractivity contribution is 9.10. The molecule has 0 spiro atoms. The van der Waals surface area contributed by atoms with Crippen molar-refractivity contribution in [2.45, 2.75) is 32.5 Å². The molecule has 120 valence electrons. The van der Waals surface area contributed by atoms with Crippen molar-refractivity contribution in [3.05, 3.63) is 22.3 Å². The van der Waals surface area contributed by atoms with Crippen molar-refractivity contribution in [3.8, 4) is 0 Å². The number of nitrogens with one attached hydrogen (secondary N) is 1. The second kappa shape index (κ2) is 5.69. The molecule has 2 rings (SSSR count). The highest BCUT2D eigenvalue weighted by Crippen LogP contribution is 2.40. The average molecular weight is 397 g/mol. The van der Waals surface area contributed by atoms with E-state index in [-0.39, 0.29) is 4.83 Å². The number of fused-ring (bicyclic) bond motifs is 1. The quantitative estimate of drug-likeness (QED) is 0.699. The van der Waals surface area contributed by atoms with E-state index >= 15 is 0 Å². The molecule has 1 amide bonds. The van der Waals surface area contributed by atoms with Crippen LogP contribution in [-0.4, -0.2) is 16.7 Å². The van der Waals surface area contributed by atoms with Crippen molar-refractivity contribution in [1.82, 2.24) is 4.98 Å². The molecule has 0 aliphatic carbocycles. The number of nitrogens with zero attached hydrogens (tertiary/aromatic N) is 1. The molecule has 0 saturated heterocycles. The number of amides is 1. The molecule has 0 atom stereocenters. The predicted molar refractivity (Wildman–Crippen MR) is 82.2 cm³/mol. The fourth-order valence-electron chi connectivity index (χ4n) is 1.58. The lowest BCUT2D eigenvalue weighted by Crippen LogP contribution is -2.27. The van der Waals surface area contributed by atoms with Gasteiger partial charge >= 0.3 is 12.3 Å². The molecule has 22 heavy (non-hydrogen) atoms. The Balaban J connectivity index is 2.32. The number of ether oxygens (including phenoxy) is 1. The van der Waals surface area contributed by atoms with Gasteiger partial charge in [0.05, 0.1) is 4.47 Å². The number of anilines is 1. The van der Waals surface area contributed by atoms with Gasteiger partial charge in [-0.15, -0.1) is 0 Å². The maximum Gasteiger partial charge on any atom is 0.433 e. The molecule has 0 aliphatic rings. The first-order chi connectivity index (χ1) is 9.97. The van der Waals surface area contributed by atoms with Crippen molar-refractivity contribution in [2.75, 3.05) is 5.32 Å². The highest BCUT2D eigenvalue weighted by Gasteiger charge is 2.33. The zero-order valence-corrected chi connectivity index (χ0v) is 14.2. The van der Waals surface area contributed by atoms with E-state index in [9.17, 15) is 18.0 Å². The third kappa shape index (κ3) is 3.89. The topological polar surface area (TPSA) is 51.2 Å². The van der Waals surface area contributed by atoms with Crippen LogP contribution in [0.4, 0.5) is 23.0 Å². The van der Waals surface area contributed by atoms with E-state index in [0.29, 0.717) is 14.9 Å². The van der Waals surface area contributed by atoms with Gasteiger partial charge < -0.3 is 4.74 Å². The number of halogens is 4. The second-order valence-corrected chi connectivity index (χ2v) is 7.21. The molecule has 4 nitrogen and oxygen atoms in total. The number of rotatable bonds is 1. The van der Waals surface area contributed by atoms with Crippen LogP contribution in [0.25, 0.3) is 10.2 Å². The van der Waals surface area contributed by atoms with Crippen LogP contribution in [0.2, 0.25) is 0 Å². The molecule has 2 heterocycles. The standard InChI is InChI=1S/C13H12BrF3N2O2S/c1-12(2,3)21-11(20)19-10-8(14)6-4-5-7(13(15,16)17)18-9(6)22-10/h4-5H,1-3H3,(H,19,20). The first kappa shape index (κ1) is 17.0. The molecule has 0 unspecified atom stereocenters. The van der Waals surface area contributed by atoms with Gasteiger partial charge in [0, 0.05) is 5.39 Å². The van der Waals surface area contributed by atoms with Crippen LogP contribution in [0.5, 0.6) is 0 Å². The van der Waals surface area contributed by atoms with E-state index in [1.807, 2.05) is 0 Å². The van der Waals surface area contributed by atoms with Gasteiger partial charge in [0.2, 0.25) is 0 Å². The Labute approximate surface area is 136 Å². The van der Waals surface area contributed by atoms with Crippen LogP contribution < -0.4 is 5.32 Å². The number of hydrogen-bond acceptors (Lipinski definition) is 4. The van der Waals surface area contributed by atoms with E-state index in [1.54, 1.807) is 20.8 Å². The summed E-state index contributed by atoms with van der Waals surface area (Å²) in [7, 11) is 0. The fraction of sp³-hybridized carbons (Fsp3) is 0.385. The van der Waals surface area contributed by atoms with E-state index in [4.69, 9.17) is 4.74 Å². The van der Waals surface area contributed by atoms with Gasteiger partial charge in [-0.25, -0.2) is 9.78 Å². The molecule has 0 radical (unpaired) electrons. The number of thiophene rings is 1. The summed E-state index contributed by atoms with van der Waals surface area (Å²) >= 11 is 4.19. The largest absolute Gasteiger partial charge is 0.444 e. The maximum absolute atomic E-state index is 12.7. The SMILES string of the molecule is CC(C)(C)OC(=O)Nc1sc2nc(C(F)(F)F)ccc2c1Br. The second-order valence-electron chi connectivity index (χ2n) is 5.42. The zero-order valence-electron chi connectivity index (χ0n) is 11.8. The molecule has 0 fully saturated rings. The summed E-state index contributed by atoms with van der Waals surface area (Å²) in [5.74, 6) is 0. The summed E-state index contributed by atoms with van der Waals surface area (Å²) in [6, 6.07) is 2.21. The first-order valence-corrected chi connectivity index (χ1v) is 7.74. The van der Waals surface area contributed by atoms with Crippen LogP contribution in [-0.2, 0) is 10.9 Å². The summed E-state index contributed by atoms with van der Waals surface area (Å²) in [5.41, 5.74) is -1.65. The van der Waals surface area contributed by atoms with Crippen LogP contribution in [0.3, 0.4) is 0 Å². The van der Waals surface area contributed by atoms with Crippen LogP contribution in [0.1, 0.15) is 26.5 Å². The van der Waals surface area contributed by atoms with Crippen LogP contribution >= 0.6 is 27.3 Å². The molecule has 2 aromatic heterocycles. The molecule has 0 aromatic carbocycles. The van der Waals surface area contributed by atoms with Gasteiger partial charge in [-0.2, -0.15) is 13.2 Å². The molecule has 0 aliphatic heterocycles. The maximum atomic E-state index is 12.7. The fourth-order valence-corrected chi connectivity index (χ4v) is 3.33. The van der Waals surface area contributed by atoms with E-state index < -0.39 is 23.6 Å². The van der Waals surface area contributed by atoms with Crippen molar-refractivity contribution < 1.29 is 22.7 Å². The Morgan fingerprint density at radius 2 is 1.95 bits per heavy atom. The Kier molecular flexibility index (Phi) is 4.40. The molecule has 9 heteroatoms. The third-order valence-electron chi connectivity index (χ3n) is 2.40. The third-order valence-corrected chi connectivity index (χ3v) is 4.50. The summed E-state index contributed by atoms with van der Waals surface area (Å²) in [4.78, 5) is 15.5. The number of hydrogen-bond donors (Lipinski definition) is 1. The molecule has 0 bridgehead atoms. The first-order valence-electron chi connectivity index (χ1n) is 6.13. The lowest BCUT2D eigenvalue weighted by Gasteiger charge is -2.19. The van der Waals surface area contributed by atoms with Crippen molar-refractivity contribution >= 4 is 48.6 Å². The lowest BCUT2D eigenvalue weighted by molar-refractivity contribution is -0.140. The number of aromatic nitrogens is 1. The van der Waals surface area contributed by atoms with Crippen molar-refractivity contribution in [3.63, 3.8) is 0 Å². The number of carbonyl (C=O) groups excluding carboxylic acids is 1. The van der Waals surface area contributed by atoms with Gasteiger partial charge in [-0.05, 0) is 48.8 Å². The van der Waals surface area contributed by atoms with Gasteiger partial charge in [0.15, 0.2) is 0 Å². The van der Waals surface area contributed by atoms with E-state index in [1.165, 1.54) is 6.07 Å². The smallest absolute Gasteiger partial charge is 0.433 e. The highest BCUT2D eigenvalue weighted by atomic mass is 79.9. The summed E-state index contributed by atoms with van der Waals surface area (Å²) in [5, 5.41) is 3.34. The number of carbonyl (C=O) groups is 1. The lowest BCUT2D eigenvalue weighted by atomic mass is 10.2. The van der Waals surface area contributed by atoms with Crippen molar-refractivity contribution in [2.24, 2.45) is 0 Å².